The van der Waals surface area contributed by atoms with Crippen LogP contribution in [0.4, 0.5) is 23.3 Å². The zero-order chi connectivity index (χ0) is 24.9. The predicted octanol–water partition coefficient (Wildman–Crippen LogP) is 3.88. The van der Waals surface area contributed by atoms with E-state index >= 15 is 0 Å². The summed E-state index contributed by atoms with van der Waals surface area (Å²) >= 11 is 5.63. The Bertz CT molecular complexity index is 1010. The Kier molecular flexibility index (Phi) is 8.06. The molecule has 0 aliphatic carbocycles. The van der Waals surface area contributed by atoms with Crippen molar-refractivity contribution >= 4 is 40.6 Å². The number of aromatic nitrogens is 2. The minimum absolute atomic E-state index is 0.532. The van der Waals surface area contributed by atoms with Crippen molar-refractivity contribution in [3.8, 4) is 0 Å². The third-order valence-corrected chi connectivity index (χ3v) is 7.56. The van der Waals surface area contributed by atoms with Crippen LogP contribution in [0.15, 0.2) is 30.3 Å². The quantitative estimate of drug-likeness (QED) is 0.565. The summed E-state index contributed by atoms with van der Waals surface area (Å²) in [5, 5.41) is 7.11. The Labute approximate surface area is 220 Å². The monoisotopic (exact) mass is 509 g/mol. The third-order valence-electron chi connectivity index (χ3n) is 7.31. The van der Waals surface area contributed by atoms with Crippen molar-refractivity contribution in [3.05, 3.63) is 35.9 Å². The molecule has 0 amide bonds. The molecule has 3 aliphatic heterocycles. The zero-order valence-corrected chi connectivity index (χ0v) is 22.4. The molecule has 2 atom stereocenters. The van der Waals surface area contributed by atoms with Crippen molar-refractivity contribution < 1.29 is 4.74 Å². The van der Waals surface area contributed by atoms with Crippen LogP contribution in [0.1, 0.15) is 38.7 Å². The highest BCUT2D eigenvalue weighted by molar-refractivity contribution is 7.80. The van der Waals surface area contributed by atoms with E-state index in [1.165, 1.54) is 30.5 Å². The summed E-state index contributed by atoms with van der Waals surface area (Å²) in [7, 11) is 0. The molecule has 9 heteroatoms. The number of anilines is 4. The molecule has 0 bridgehead atoms. The molecular weight excluding hydrogens is 470 g/mol. The van der Waals surface area contributed by atoms with E-state index < -0.39 is 0 Å². The second kappa shape index (κ2) is 11.6. The van der Waals surface area contributed by atoms with Crippen LogP contribution in [-0.4, -0.2) is 67.6 Å². The number of nitrogens with one attached hydrogen (secondary N) is 2. The van der Waals surface area contributed by atoms with Gasteiger partial charge in [-0.05, 0) is 61.0 Å². The molecule has 0 saturated carbocycles. The Morgan fingerprint density at radius 3 is 2.22 bits per heavy atom. The summed E-state index contributed by atoms with van der Waals surface area (Å²) in [5.74, 6) is 3.73. The van der Waals surface area contributed by atoms with Gasteiger partial charge < -0.3 is 30.1 Å². The average molecular weight is 510 g/mol. The lowest BCUT2D eigenvalue weighted by molar-refractivity contribution is 0.122. The molecule has 3 saturated heterocycles. The van der Waals surface area contributed by atoms with Crippen LogP contribution in [0.5, 0.6) is 0 Å². The fraction of sp³-hybridized carbons (Fsp3) is 0.593. The van der Waals surface area contributed by atoms with Gasteiger partial charge in [-0.3, -0.25) is 0 Å². The van der Waals surface area contributed by atoms with Crippen LogP contribution in [0, 0.1) is 11.8 Å². The molecule has 2 aromatic rings. The number of morpholine rings is 1. The topological polar surface area (TPSA) is 68.8 Å². The number of thiocarbonyl (C=S) groups is 1. The summed E-state index contributed by atoms with van der Waals surface area (Å²) < 4.78 is 5.56. The molecule has 5 rings (SSSR count). The smallest absolute Gasteiger partial charge is 0.232 e. The molecule has 4 heterocycles. The van der Waals surface area contributed by atoms with Gasteiger partial charge in [-0.15, -0.1) is 0 Å². The molecule has 0 unspecified atom stereocenters. The van der Waals surface area contributed by atoms with E-state index in [1.54, 1.807) is 0 Å². The van der Waals surface area contributed by atoms with Crippen LogP contribution in [0.25, 0.3) is 0 Å². The maximum Gasteiger partial charge on any atom is 0.232 e. The summed E-state index contributed by atoms with van der Waals surface area (Å²) in [6.45, 7) is 12.7. The van der Waals surface area contributed by atoms with E-state index in [9.17, 15) is 0 Å². The molecule has 0 spiro atoms. The van der Waals surface area contributed by atoms with Crippen molar-refractivity contribution in [2.45, 2.75) is 39.7 Å². The first-order chi connectivity index (χ1) is 17.5. The van der Waals surface area contributed by atoms with Crippen molar-refractivity contribution in [2.75, 3.05) is 72.5 Å². The molecule has 8 nitrogen and oxygen atoms in total. The molecule has 3 fully saturated rings. The maximum atomic E-state index is 5.63. The average Bonchev–Trinajstić information content (AvgIpc) is 3.43. The summed E-state index contributed by atoms with van der Waals surface area (Å²) in [6.07, 6.45) is 3.83. The first-order valence-electron chi connectivity index (χ1n) is 13.4. The summed E-state index contributed by atoms with van der Waals surface area (Å²) in [4.78, 5) is 16.8. The Morgan fingerprint density at radius 1 is 0.917 bits per heavy atom. The van der Waals surface area contributed by atoms with Gasteiger partial charge in [-0.2, -0.15) is 9.97 Å². The van der Waals surface area contributed by atoms with Crippen LogP contribution in [0.3, 0.4) is 0 Å². The van der Waals surface area contributed by atoms with Gasteiger partial charge in [0.1, 0.15) is 11.6 Å². The lowest BCUT2D eigenvalue weighted by atomic mass is 9.92. The second-order valence-corrected chi connectivity index (χ2v) is 10.9. The van der Waals surface area contributed by atoms with Gasteiger partial charge in [0.2, 0.25) is 5.95 Å². The number of rotatable bonds is 6. The highest BCUT2D eigenvalue weighted by Gasteiger charge is 2.25. The molecular formula is C27H39N7OS. The summed E-state index contributed by atoms with van der Waals surface area (Å²) in [6, 6.07) is 10.9. The van der Waals surface area contributed by atoms with Crippen LogP contribution in [-0.2, 0) is 11.3 Å². The fourth-order valence-corrected chi connectivity index (χ4v) is 5.74. The highest BCUT2D eigenvalue weighted by atomic mass is 32.1. The van der Waals surface area contributed by atoms with E-state index in [-0.39, 0.29) is 0 Å². The van der Waals surface area contributed by atoms with Crippen molar-refractivity contribution in [2.24, 2.45) is 11.8 Å². The molecule has 1 aromatic heterocycles. The minimum Gasteiger partial charge on any atom is -0.378 e. The lowest BCUT2D eigenvalue weighted by Gasteiger charge is -2.36. The first-order valence-corrected chi connectivity index (χ1v) is 13.8. The van der Waals surface area contributed by atoms with Crippen molar-refractivity contribution in [1.82, 2.24) is 15.3 Å². The van der Waals surface area contributed by atoms with Gasteiger partial charge in [0.15, 0.2) is 5.11 Å². The van der Waals surface area contributed by atoms with E-state index in [1.807, 2.05) is 0 Å². The van der Waals surface area contributed by atoms with E-state index in [0.29, 0.717) is 29.4 Å². The van der Waals surface area contributed by atoms with Gasteiger partial charge in [0.05, 0.1) is 13.2 Å². The molecule has 36 heavy (non-hydrogen) atoms. The molecule has 2 N–H and O–H groups in total. The highest BCUT2D eigenvalue weighted by Crippen LogP contribution is 2.28. The Balaban J connectivity index is 1.25. The molecule has 3 aliphatic rings. The lowest BCUT2D eigenvalue weighted by Crippen LogP contribution is -2.40. The number of piperidine rings is 1. The van der Waals surface area contributed by atoms with E-state index in [2.05, 4.69) is 69.5 Å². The number of nitrogens with zero attached hydrogens (tertiary/aromatic N) is 5. The van der Waals surface area contributed by atoms with Gasteiger partial charge in [0.25, 0.3) is 0 Å². The summed E-state index contributed by atoms with van der Waals surface area (Å²) in [5.41, 5.74) is 2.50. The minimum atomic E-state index is 0.532. The van der Waals surface area contributed by atoms with Crippen molar-refractivity contribution in [3.63, 3.8) is 0 Å². The van der Waals surface area contributed by atoms with Crippen LogP contribution < -0.4 is 25.3 Å². The molecule has 1 aromatic carbocycles. The van der Waals surface area contributed by atoms with E-state index in [4.69, 9.17) is 26.9 Å². The number of hydrogen-bond donors (Lipinski definition) is 2. The fourth-order valence-electron chi connectivity index (χ4n) is 5.57. The maximum absolute atomic E-state index is 5.63. The van der Waals surface area contributed by atoms with Crippen LogP contribution >= 0.6 is 12.2 Å². The Hall–Kier alpha value is -2.65. The second-order valence-electron chi connectivity index (χ2n) is 10.5. The zero-order valence-electron chi connectivity index (χ0n) is 21.6. The first kappa shape index (κ1) is 25.0. The van der Waals surface area contributed by atoms with E-state index in [0.717, 1.165) is 64.1 Å². The van der Waals surface area contributed by atoms with Gasteiger partial charge in [-0.25, -0.2) is 0 Å². The molecule has 0 radical (unpaired) electrons. The normalized spacial score (nSPS) is 22.6. The standard InChI is InChI=1S/C27H39N7OS/c1-20-15-21(2)19-34(18-20)25-16-24(33-11-13-35-14-12-33)29-26(30-25)31-27(36)28-17-22-5-7-23(8-6-22)32-9-3-4-10-32/h5-8,16,20-21H,3-4,9-15,17-19H2,1-2H3,(H2,28,29,30,31,36)/t20-,21-/m1/s1. The number of ether oxygens (including phenoxy) is 1. The van der Waals surface area contributed by atoms with Crippen LogP contribution in [0.2, 0.25) is 0 Å². The largest absolute Gasteiger partial charge is 0.378 e. The van der Waals surface area contributed by atoms with Gasteiger partial charge in [0, 0.05) is 57.6 Å². The number of benzene rings is 1. The Morgan fingerprint density at radius 2 is 1.56 bits per heavy atom. The third kappa shape index (κ3) is 6.37. The molecule has 194 valence electrons. The van der Waals surface area contributed by atoms with Gasteiger partial charge in [-0.1, -0.05) is 26.0 Å². The number of hydrogen-bond acceptors (Lipinski definition) is 7. The van der Waals surface area contributed by atoms with Gasteiger partial charge >= 0.3 is 0 Å². The predicted molar refractivity (Wildman–Crippen MR) is 151 cm³/mol. The SMILES string of the molecule is C[C@@H]1C[C@@H](C)CN(c2cc(N3CCOCC3)nc(NC(=S)NCc3ccc(N4CCCC4)cc3)n2)C1. The van der Waals surface area contributed by atoms with Crippen molar-refractivity contribution in [1.29, 1.82) is 0 Å².